The Balaban J connectivity index is 1.71. The van der Waals surface area contributed by atoms with Crippen molar-refractivity contribution in [3.8, 4) is 17.2 Å². The summed E-state index contributed by atoms with van der Waals surface area (Å²) < 4.78 is 22.6. The number of amides is 1. The number of ketones is 1. The van der Waals surface area contributed by atoms with Gasteiger partial charge in [-0.05, 0) is 67.6 Å². The Hall–Kier alpha value is -3.56. The lowest BCUT2D eigenvalue weighted by molar-refractivity contribution is -0.140. The number of carbonyl (C=O) groups excluding carboxylic acids is 2. The van der Waals surface area contributed by atoms with Gasteiger partial charge >= 0.3 is 0 Å². The molecule has 2 heterocycles. The molecule has 0 unspecified atom stereocenters. The highest BCUT2D eigenvalue weighted by molar-refractivity contribution is 6.46. The SMILES string of the molecule is CCOc1ccc([C@@H]2/C(=C(\O)c3ccc(OCC(C)C)c(C)c3)C(=O)C(=O)N2CCCN2CCOCC2)cc1OC. The number of aryl methyl sites for hydroxylation is 1. The number of morpholine rings is 1. The fourth-order valence-electron chi connectivity index (χ4n) is 5.25. The average Bonchev–Trinajstić information content (AvgIpc) is 3.22. The average molecular weight is 567 g/mol. The van der Waals surface area contributed by atoms with Gasteiger partial charge in [0.25, 0.3) is 11.7 Å². The number of ether oxygens (including phenoxy) is 4. The number of Topliss-reactive ketones (excluding diaryl/α,β-unsaturated/α-hetero) is 1. The number of rotatable bonds is 12. The number of hydrogen-bond acceptors (Lipinski definition) is 8. The molecule has 222 valence electrons. The molecule has 2 aromatic carbocycles. The Labute approximate surface area is 242 Å². The fourth-order valence-corrected chi connectivity index (χ4v) is 5.25. The molecule has 0 bridgehead atoms. The van der Waals surface area contributed by atoms with E-state index < -0.39 is 17.7 Å². The molecule has 0 aliphatic carbocycles. The van der Waals surface area contributed by atoms with E-state index in [1.807, 2.05) is 19.9 Å². The topological polar surface area (TPSA) is 97.8 Å². The van der Waals surface area contributed by atoms with Crippen LogP contribution in [-0.2, 0) is 14.3 Å². The van der Waals surface area contributed by atoms with Crippen molar-refractivity contribution in [2.75, 3.05) is 59.7 Å². The summed E-state index contributed by atoms with van der Waals surface area (Å²) in [5.41, 5.74) is 2.00. The first-order valence-corrected chi connectivity index (χ1v) is 14.4. The van der Waals surface area contributed by atoms with Crippen LogP contribution in [0.4, 0.5) is 0 Å². The van der Waals surface area contributed by atoms with E-state index in [4.69, 9.17) is 18.9 Å². The third kappa shape index (κ3) is 7.02. The minimum absolute atomic E-state index is 0.0582. The number of nitrogens with zero attached hydrogens (tertiary/aromatic N) is 2. The number of carbonyl (C=O) groups is 2. The summed E-state index contributed by atoms with van der Waals surface area (Å²) in [6.07, 6.45) is 0.679. The minimum atomic E-state index is -0.776. The van der Waals surface area contributed by atoms with E-state index >= 15 is 0 Å². The lowest BCUT2D eigenvalue weighted by Gasteiger charge is -2.29. The first-order chi connectivity index (χ1) is 19.7. The maximum atomic E-state index is 13.5. The first-order valence-electron chi connectivity index (χ1n) is 14.4. The van der Waals surface area contributed by atoms with E-state index in [1.165, 1.54) is 0 Å². The van der Waals surface area contributed by atoms with E-state index in [0.29, 0.717) is 73.7 Å². The van der Waals surface area contributed by atoms with Crippen LogP contribution in [0.2, 0.25) is 0 Å². The van der Waals surface area contributed by atoms with E-state index in [-0.39, 0.29) is 11.3 Å². The van der Waals surface area contributed by atoms with Crippen molar-refractivity contribution >= 4 is 17.4 Å². The van der Waals surface area contributed by atoms with Crippen LogP contribution in [-0.4, -0.2) is 86.3 Å². The Bertz CT molecular complexity index is 1270. The quantitative estimate of drug-likeness (QED) is 0.227. The van der Waals surface area contributed by atoms with Crippen LogP contribution in [0.1, 0.15) is 49.9 Å². The van der Waals surface area contributed by atoms with Gasteiger partial charge in [-0.15, -0.1) is 0 Å². The summed E-state index contributed by atoms with van der Waals surface area (Å²) in [6, 6.07) is 9.89. The lowest BCUT2D eigenvalue weighted by Crippen LogP contribution is -2.39. The predicted molar refractivity (Wildman–Crippen MR) is 157 cm³/mol. The van der Waals surface area contributed by atoms with Crippen LogP contribution in [0.25, 0.3) is 5.76 Å². The molecule has 0 radical (unpaired) electrons. The largest absolute Gasteiger partial charge is 0.507 e. The zero-order valence-corrected chi connectivity index (χ0v) is 24.8. The van der Waals surface area contributed by atoms with Crippen molar-refractivity contribution in [1.82, 2.24) is 9.80 Å². The molecule has 2 saturated heterocycles. The Morgan fingerprint density at radius 2 is 1.76 bits per heavy atom. The van der Waals surface area contributed by atoms with Crippen LogP contribution < -0.4 is 14.2 Å². The molecule has 0 spiro atoms. The lowest BCUT2D eigenvalue weighted by atomic mass is 9.94. The molecule has 2 aromatic rings. The molecule has 1 N–H and O–H groups in total. The molecule has 9 nitrogen and oxygen atoms in total. The Kier molecular flexibility index (Phi) is 10.3. The number of likely N-dealkylation sites (tertiary alicyclic amines) is 1. The number of hydrogen-bond donors (Lipinski definition) is 1. The normalized spacial score (nSPS) is 19.2. The van der Waals surface area contributed by atoms with Crippen LogP contribution in [0.15, 0.2) is 42.0 Å². The van der Waals surface area contributed by atoms with Gasteiger partial charge in [0.15, 0.2) is 11.5 Å². The summed E-state index contributed by atoms with van der Waals surface area (Å²) in [5, 5.41) is 11.5. The van der Waals surface area contributed by atoms with Crippen LogP contribution in [0.5, 0.6) is 17.2 Å². The molecule has 2 aliphatic rings. The van der Waals surface area contributed by atoms with Gasteiger partial charge in [0, 0.05) is 31.7 Å². The second-order valence-electron chi connectivity index (χ2n) is 10.8. The van der Waals surface area contributed by atoms with Crippen molar-refractivity contribution in [3.63, 3.8) is 0 Å². The smallest absolute Gasteiger partial charge is 0.295 e. The van der Waals surface area contributed by atoms with Gasteiger partial charge < -0.3 is 29.0 Å². The van der Waals surface area contributed by atoms with Gasteiger partial charge in [-0.25, -0.2) is 0 Å². The molecule has 4 rings (SSSR count). The highest BCUT2D eigenvalue weighted by Gasteiger charge is 2.46. The number of aliphatic hydroxyl groups is 1. The molecule has 41 heavy (non-hydrogen) atoms. The number of benzene rings is 2. The molecule has 2 aliphatic heterocycles. The van der Waals surface area contributed by atoms with Crippen LogP contribution >= 0.6 is 0 Å². The number of methoxy groups -OCH3 is 1. The zero-order chi connectivity index (χ0) is 29.5. The van der Waals surface area contributed by atoms with Crippen molar-refractivity contribution in [2.24, 2.45) is 5.92 Å². The van der Waals surface area contributed by atoms with Crippen molar-refractivity contribution in [3.05, 3.63) is 58.7 Å². The molecular weight excluding hydrogens is 524 g/mol. The van der Waals surface area contributed by atoms with Gasteiger partial charge in [0.1, 0.15) is 11.5 Å². The highest BCUT2D eigenvalue weighted by atomic mass is 16.5. The van der Waals surface area contributed by atoms with E-state index in [1.54, 1.807) is 42.3 Å². The van der Waals surface area contributed by atoms with E-state index in [2.05, 4.69) is 18.7 Å². The maximum absolute atomic E-state index is 13.5. The van der Waals surface area contributed by atoms with Gasteiger partial charge in [0.05, 0.1) is 45.2 Å². The van der Waals surface area contributed by atoms with E-state index in [0.717, 1.165) is 25.2 Å². The summed E-state index contributed by atoms with van der Waals surface area (Å²) in [4.78, 5) is 30.8. The second-order valence-corrected chi connectivity index (χ2v) is 10.8. The van der Waals surface area contributed by atoms with Crippen molar-refractivity contribution in [2.45, 2.75) is 40.2 Å². The first kappa shape index (κ1) is 30.4. The van der Waals surface area contributed by atoms with Crippen LogP contribution in [0, 0.1) is 12.8 Å². The molecule has 2 fully saturated rings. The Morgan fingerprint density at radius 3 is 2.41 bits per heavy atom. The van der Waals surface area contributed by atoms with Crippen LogP contribution in [0.3, 0.4) is 0 Å². The maximum Gasteiger partial charge on any atom is 0.295 e. The molecular formula is C32H42N2O7. The number of aliphatic hydroxyl groups excluding tert-OH is 1. The summed E-state index contributed by atoms with van der Waals surface area (Å²) >= 11 is 0. The van der Waals surface area contributed by atoms with Gasteiger partial charge in [-0.2, -0.15) is 0 Å². The zero-order valence-electron chi connectivity index (χ0n) is 24.8. The van der Waals surface area contributed by atoms with E-state index in [9.17, 15) is 14.7 Å². The summed E-state index contributed by atoms with van der Waals surface area (Å²) in [5.74, 6) is 0.598. The minimum Gasteiger partial charge on any atom is -0.507 e. The summed E-state index contributed by atoms with van der Waals surface area (Å²) in [7, 11) is 1.55. The predicted octanol–water partition coefficient (Wildman–Crippen LogP) is 4.58. The van der Waals surface area contributed by atoms with Gasteiger partial charge in [-0.1, -0.05) is 19.9 Å². The fraction of sp³-hybridized carbons (Fsp3) is 0.500. The molecule has 0 saturated carbocycles. The highest BCUT2D eigenvalue weighted by Crippen LogP contribution is 2.42. The van der Waals surface area contributed by atoms with Gasteiger partial charge in [-0.3, -0.25) is 14.5 Å². The third-order valence-electron chi connectivity index (χ3n) is 7.34. The molecule has 1 amide bonds. The molecule has 0 aromatic heterocycles. The third-order valence-corrected chi connectivity index (χ3v) is 7.34. The molecule has 1 atom stereocenters. The molecule has 9 heteroatoms. The Morgan fingerprint density at radius 1 is 1.02 bits per heavy atom. The van der Waals surface area contributed by atoms with Crippen molar-refractivity contribution in [1.29, 1.82) is 0 Å². The second kappa shape index (κ2) is 13.9. The monoisotopic (exact) mass is 566 g/mol. The van der Waals surface area contributed by atoms with Gasteiger partial charge in [0.2, 0.25) is 0 Å². The van der Waals surface area contributed by atoms with Crippen molar-refractivity contribution < 1.29 is 33.6 Å². The summed E-state index contributed by atoms with van der Waals surface area (Å²) in [6.45, 7) is 13.2. The standard InChI is InChI=1S/C32H42N2O7/c1-6-40-26-11-8-23(19-27(26)38-5)29-28(30(35)24-9-10-25(22(4)18-24)41-20-21(2)3)31(36)32(37)34(29)13-7-12-33-14-16-39-17-15-33/h8-11,18-19,21,29,35H,6-7,12-17,20H2,1-5H3/b30-28+/t29-/m1/s1.